The highest BCUT2D eigenvalue weighted by Crippen LogP contribution is 2.31. The Morgan fingerprint density at radius 1 is 1.19 bits per heavy atom. The van der Waals surface area contributed by atoms with Crippen LogP contribution in [0, 0.1) is 6.92 Å². The van der Waals surface area contributed by atoms with Gasteiger partial charge in [0.1, 0.15) is 23.8 Å². The molecule has 0 spiro atoms. The van der Waals surface area contributed by atoms with Crippen LogP contribution in [0.2, 0.25) is 0 Å². The third-order valence-corrected chi connectivity index (χ3v) is 4.89. The standard InChI is InChI=1S/C24H25F3N2O3/c1-3-5-17(12-13-28-30)19-6-4-7-21(14-19)31-15-22-16(2)32-23(29-22)18-8-10-20(11-9-18)24(25,26)27/h4,6-12,14,28,30H,3,5,13,15H2,1-2H3/b17-12-. The van der Waals surface area contributed by atoms with Gasteiger partial charge in [-0.2, -0.15) is 13.2 Å². The van der Waals surface area contributed by atoms with Gasteiger partial charge < -0.3 is 14.4 Å². The highest BCUT2D eigenvalue weighted by Gasteiger charge is 2.30. The third kappa shape index (κ3) is 5.99. The zero-order valence-electron chi connectivity index (χ0n) is 17.9. The number of aromatic nitrogens is 1. The summed E-state index contributed by atoms with van der Waals surface area (Å²) in [6.07, 6.45) is -0.628. The quantitative estimate of drug-likeness (QED) is 0.372. The van der Waals surface area contributed by atoms with Crippen LogP contribution in [0.15, 0.2) is 59.0 Å². The number of hydrogen-bond acceptors (Lipinski definition) is 5. The van der Waals surface area contributed by atoms with Crippen molar-refractivity contribution in [3.63, 3.8) is 0 Å². The number of ether oxygens (including phenoxy) is 1. The van der Waals surface area contributed by atoms with E-state index >= 15 is 0 Å². The highest BCUT2D eigenvalue weighted by atomic mass is 19.4. The lowest BCUT2D eigenvalue weighted by Gasteiger charge is -2.10. The average molecular weight is 446 g/mol. The molecule has 3 rings (SSSR count). The molecule has 0 saturated carbocycles. The van der Waals surface area contributed by atoms with Gasteiger partial charge in [0.05, 0.1) is 5.56 Å². The van der Waals surface area contributed by atoms with Crippen LogP contribution in [0.5, 0.6) is 5.75 Å². The highest BCUT2D eigenvalue weighted by molar-refractivity contribution is 5.66. The molecule has 2 N–H and O–H groups in total. The fraction of sp³-hybridized carbons (Fsp3) is 0.292. The van der Waals surface area contributed by atoms with Crippen molar-refractivity contribution in [1.82, 2.24) is 10.5 Å². The molecule has 0 radical (unpaired) electrons. The number of aryl methyl sites for hydroxylation is 1. The van der Waals surface area contributed by atoms with Crippen molar-refractivity contribution in [1.29, 1.82) is 0 Å². The van der Waals surface area contributed by atoms with Gasteiger partial charge in [0.25, 0.3) is 0 Å². The molecular formula is C24H25F3N2O3. The maximum absolute atomic E-state index is 12.8. The van der Waals surface area contributed by atoms with E-state index in [1.807, 2.05) is 30.3 Å². The van der Waals surface area contributed by atoms with Crippen LogP contribution in [0.25, 0.3) is 17.0 Å². The molecule has 0 aliphatic rings. The summed E-state index contributed by atoms with van der Waals surface area (Å²) in [5, 5.41) is 8.87. The fourth-order valence-corrected chi connectivity index (χ4v) is 3.23. The number of benzene rings is 2. The van der Waals surface area contributed by atoms with Crippen LogP contribution in [0.1, 0.15) is 42.3 Å². The van der Waals surface area contributed by atoms with Crippen LogP contribution < -0.4 is 10.2 Å². The number of halogens is 3. The number of nitrogens with zero attached hydrogens (tertiary/aromatic N) is 1. The largest absolute Gasteiger partial charge is 0.487 e. The summed E-state index contributed by atoms with van der Waals surface area (Å²) in [5.74, 6) is 1.44. The van der Waals surface area contributed by atoms with E-state index in [2.05, 4.69) is 17.4 Å². The molecule has 3 aromatic rings. The van der Waals surface area contributed by atoms with Gasteiger partial charge in [0, 0.05) is 12.1 Å². The Hall–Kier alpha value is -3.10. The summed E-state index contributed by atoms with van der Waals surface area (Å²) in [6.45, 7) is 4.33. The molecule has 2 aromatic carbocycles. The molecule has 5 nitrogen and oxygen atoms in total. The van der Waals surface area contributed by atoms with E-state index < -0.39 is 11.7 Å². The van der Waals surface area contributed by atoms with E-state index in [1.165, 1.54) is 12.1 Å². The molecule has 1 aromatic heterocycles. The average Bonchev–Trinajstić information content (AvgIpc) is 3.15. The van der Waals surface area contributed by atoms with Crippen molar-refractivity contribution in [3.05, 3.63) is 77.2 Å². The molecule has 32 heavy (non-hydrogen) atoms. The first-order valence-corrected chi connectivity index (χ1v) is 10.2. The molecular weight excluding hydrogens is 421 g/mol. The Labute approximate surface area is 184 Å². The molecule has 0 unspecified atom stereocenters. The molecule has 1 heterocycles. The molecule has 0 atom stereocenters. The van der Waals surface area contributed by atoms with Crippen LogP contribution in [-0.4, -0.2) is 16.7 Å². The SMILES string of the molecule is CCC/C(=C/CNO)c1cccc(OCc2nc(-c3ccc(C(F)(F)F)cc3)oc2C)c1. The normalized spacial score (nSPS) is 12.2. The van der Waals surface area contributed by atoms with Crippen molar-refractivity contribution >= 4 is 5.57 Å². The lowest BCUT2D eigenvalue weighted by atomic mass is 10.0. The minimum absolute atomic E-state index is 0.157. The summed E-state index contributed by atoms with van der Waals surface area (Å²) < 4.78 is 49.8. The zero-order chi connectivity index (χ0) is 23.1. The van der Waals surface area contributed by atoms with Crippen molar-refractivity contribution in [3.8, 4) is 17.2 Å². The van der Waals surface area contributed by atoms with Crippen molar-refractivity contribution in [2.75, 3.05) is 6.54 Å². The van der Waals surface area contributed by atoms with Gasteiger partial charge in [0.2, 0.25) is 5.89 Å². The van der Waals surface area contributed by atoms with Crippen molar-refractivity contribution in [2.45, 2.75) is 39.5 Å². The van der Waals surface area contributed by atoms with Crippen molar-refractivity contribution in [2.24, 2.45) is 0 Å². The molecule has 8 heteroatoms. The topological polar surface area (TPSA) is 67.5 Å². The summed E-state index contributed by atoms with van der Waals surface area (Å²) in [4.78, 5) is 4.39. The van der Waals surface area contributed by atoms with Crippen LogP contribution in [0.4, 0.5) is 13.2 Å². The number of hydrogen-bond donors (Lipinski definition) is 2. The van der Waals surface area contributed by atoms with Crippen molar-refractivity contribution < 1.29 is 27.5 Å². The van der Waals surface area contributed by atoms with Gasteiger partial charge >= 0.3 is 6.18 Å². The number of hydroxylamine groups is 1. The van der Waals surface area contributed by atoms with Crippen LogP contribution in [-0.2, 0) is 12.8 Å². The first kappa shape index (κ1) is 23.6. The number of alkyl halides is 3. The molecule has 0 saturated heterocycles. The molecule has 0 amide bonds. The predicted octanol–water partition coefficient (Wildman–Crippen LogP) is 6.41. The zero-order valence-corrected chi connectivity index (χ0v) is 17.9. The van der Waals surface area contributed by atoms with E-state index in [0.29, 0.717) is 29.3 Å². The van der Waals surface area contributed by atoms with Crippen LogP contribution in [0.3, 0.4) is 0 Å². The van der Waals surface area contributed by atoms with Crippen LogP contribution >= 0.6 is 0 Å². The lowest BCUT2D eigenvalue weighted by molar-refractivity contribution is -0.137. The minimum atomic E-state index is -4.39. The Bertz CT molecular complexity index is 1060. The lowest BCUT2D eigenvalue weighted by Crippen LogP contribution is -2.06. The predicted molar refractivity (Wildman–Crippen MR) is 115 cm³/mol. The monoisotopic (exact) mass is 446 g/mol. The van der Waals surface area contributed by atoms with Gasteiger partial charge in [-0.25, -0.2) is 10.5 Å². The minimum Gasteiger partial charge on any atom is -0.487 e. The summed E-state index contributed by atoms with van der Waals surface area (Å²) in [5.41, 5.74) is 4.54. The van der Waals surface area contributed by atoms with Gasteiger partial charge in [-0.05, 0) is 60.9 Å². The summed E-state index contributed by atoms with van der Waals surface area (Å²) >= 11 is 0. The molecule has 0 fully saturated rings. The number of allylic oxidation sites excluding steroid dienone is 1. The van der Waals surface area contributed by atoms with E-state index in [0.717, 1.165) is 36.1 Å². The van der Waals surface area contributed by atoms with Gasteiger partial charge in [-0.3, -0.25) is 0 Å². The van der Waals surface area contributed by atoms with E-state index in [-0.39, 0.29) is 12.5 Å². The molecule has 0 bridgehead atoms. The first-order valence-electron chi connectivity index (χ1n) is 10.2. The Morgan fingerprint density at radius 2 is 1.94 bits per heavy atom. The van der Waals surface area contributed by atoms with Gasteiger partial charge in [-0.15, -0.1) is 0 Å². The Kier molecular flexibility index (Phi) is 7.71. The number of nitrogens with one attached hydrogen (secondary N) is 1. The smallest absolute Gasteiger partial charge is 0.416 e. The van der Waals surface area contributed by atoms with Gasteiger partial charge in [-0.1, -0.05) is 31.6 Å². The molecule has 0 aliphatic carbocycles. The Morgan fingerprint density at radius 3 is 2.59 bits per heavy atom. The number of oxazole rings is 1. The second kappa shape index (κ2) is 10.5. The molecule has 0 aliphatic heterocycles. The van der Waals surface area contributed by atoms with E-state index in [9.17, 15) is 13.2 Å². The first-order chi connectivity index (χ1) is 15.3. The maximum Gasteiger partial charge on any atom is 0.416 e. The Balaban J connectivity index is 1.72. The summed E-state index contributed by atoms with van der Waals surface area (Å²) in [7, 11) is 0. The van der Waals surface area contributed by atoms with E-state index in [4.69, 9.17) is 14.4 Å². The second-order valence-corrected chi connectivity index (χ2v) is 7.26. The third-order valence-electron chi connectivity index (χ3n) is 4.89. The second-order valence-electron chi connectivity index (χ2n) is 7.26. The fourth-order valence-electron chi connectivity index (χ4n) is 3.23. The summed E-state index contributed by atoms with van der Waals surface area (Å²) in [6, 6.07) is 12.3. The van der Waals surface area contributed by atoms with Gasteiger partial charge in [0.15, 0.2) is 0 Å². The number of rotatable bonds is 9. The van der Waals surface area contributed by atoms with E-state index in [1.54, 1.807) is 6.92 Å². The molecule has 170 valence electrons. The maximum atomic E-state index is 12.8.